The van der Waals surface area contributed by atoms with Crippen molar-refractivity contribution in [2.75, 3.05) is 10.6 Å². The maximum Gasteiger partial charge on any atom is 0.416 e. The van der Waals surface area contributed by atoms with Crippen LogP contribution in [0.25, 0.3) is 0 Å². The lowest BCUT2D eigenvalue weighted by molar-refractivity contribution is -0.137. The molecule has 5 nitrogen and oxygen atoms in total. The lowest BCUT2D eigenvalue weighted by Gasteiger charge is -2.13. The predicted molar refractivity (Wildman–Crippen MR) is 92.3 cm³/mol. The second kappa shape index (κ2) is 7.49. The highest BCUT2D eigenvalue weighted by atomic mass is 35.5. The summed E-state index contributed by atoms with van der Waals surface area (Å²) in [4.78, 5) is 20.4. The normalized spacial score (nSPS) is 15.1. The molecular weight excluding hydrogens is 369 g/mol. The molecule has 1 aromatic heterocycles. The van der Waals surface area contributed by atoms with Crippen molar-refractivity contribution in [3.63, 3.8) is 0 Å². The Bertz CT molecular complexity index is 790. The molecule has 1 heterocycles. The predicted octanol–water partition coefficient (Wildman–Crippen LogP) is 4.76. The zero-order valence-electron chi connectivity index (χ0n) is 13.6. The largest absolute Gasteiger partial charge is 0.416 e. The molecule has 9 heteroatoms. The van der Waals surface area contributed by atoms with Gasteiger partial charge in [0.05, 0.1) is 21.8 Å². The molecule has 0 saturated heterocycles. The van der Waals surface area contributed by atoms with Gasteiger partial charge in [-0.05, 0) is 31.0 Å². The third-order valence-corrected chi connectivity index (χ3v) is 4.47. The van der Waals surface area contributed by atoms with Crippen LogP contribution in [0.3, 0.4) is 0 Å². The summed E-state index contributed by atoms with van der Waals surface area (Å²) in [6.45, 7) is 0. The van der Waals surface area contributed by atoms with Crippen molar-refractivity contribution in [2.45, 2.75) is 37.9 Å². The summed E-state index contributed by atoms with van der Waals surface area (Å²) in [6, 6.07) is 3.06. The van der Waals surface area contributed by atoms with Gasteiger partial charge in [0.2, 0.25) is 5.95 Å². The Balaban J connectivity index is 1.69. The van der Waals surface area contributed by atoms with E-state index >= 15 is 0 Å². The van der Waals surface area contributed by atoms with Crippen LogP contribution in [0.2, 0.25) is 5.02 Å². The highest BCUT2D eigenvalue weighted by molar-refractivity contribution is 6.34. The number of halogens is 4. The molecule has 1 fully saturated rings. The Morgan fingerprint density at radius 2 is 1.81 bits per heavy atom. The van der Waals surface area contributed by atoms with E-state index in [1.165, 1.54) is 12.4 Å². The fourth-order valence-corrected chi connectivity index (χ4v) is 2.93. The average Bonchev–Trinajstić information content (AvgIpc) is 3.09. The second-order valence-corrected chi connectivity index (χ2v) is 6.47. The number of nitrogens with zero attached hydrogens (tertiary/aromatic N) is 2. The minimum absolute atomic E-state index is 0.00629. The Hall–Kier alpha value is -2.35. The van der Waals surface area contributed by atoms with Crippen LogP contribution in [0.15, 0.2) is 30.6 Å². The third kappa shape index (κ3) is 4.43. The molecule has 0 radical (unpaired) electrons. The fraction of sp³-hybridized carbons (Fsp3) is 0.353. The van der Waals surface area contributed by atoms with Crippen LogP contribution in [0.1, 0.15) is 41.6 Å². The van der Waals surface area contributed by atoms with Gasteiger partial charge in [0.1, 0.15) is 0 Å². The van der Waals surface area contributed by atoms with Crippen molar-refractivity contribution in [2.24, 2.45) is 0 Å². The van der Waals surface area contributed by atoms with Gasteiger partial charge in [-0.25, -0.2) is 9.97 Å². The highest BCUT2D eigenvalue weighted by Crippen LogP contribution is 2.34. The monoisotopic (exact) mass is 384 g/mol. The molecule has 0 atom stereocenters. The molecule has 1 amide bonds. The SMILES string of the molecule is O=C(Nc1cc(C(F)(F)F)ccc1Cl)c1cnc(NC2CCCC2)nc1. The summed E-state index contributed by atoms with van der Waals surface area (Å²) in [5, 5.41) is 5.56. The molecular formula is C17H16ClF3N4O. The van der Waals surface area contributed by atoms with Crippen LogP contribution in [-0.4, -0.2) is 21.9 Å². The Kier molecular flexibility index (Phi) is 5.31. The zero-order valence-corrected chi connectivity index (χ0v) is 14.4. The van der Waals surface area contributed by atoms with E-state index in [2.05, 4.69) is 20.6 Å². The van der Waals surface area contributed by atoms with Gasteiger partial charge in [0.15, 0.2) is 0 Å². The number of hydrogen-bond donors (Lipinski definition) is 2. The number of nitrogens with one attached hydrogen (secondary N) is 2. The summed E-state index contributed by atoms with van der Waals surface area (Å²) in [5.74, 6) is -0.218. The molecule has 138 valence electrons. The minimum Gasteiger partial charge on any atom is -0.351 e. The molecule has 1 aromatic carbocycles. The number of aromatic nitrogens is 2. The summed E-state index contributed by atoms with van der Waals surface area (Å²) in [5.41, 5.74) is -0.903. The fourth-order valence-electron chi connectivity index (χ4n) is 2.76. The van der Waals surface area contributed by atoms with Crippen LogP contribution >= 0.6 is 11.6 Å². The molecule has 2 N–H and O–H groups in total. The number of hydrogen-bond acceptors (Lipinski definition) is 4. The molecule has 1 saturated carbocycles. The maximum atomic E-state index is 12.8. The first-order chi connectivity index (χ1) is 12.3. The molecule has 2 aromatic rings. The van der Waals surface area contributed by atoms with E-state index in [-0.39, 0.29) is 16.3 Å². The molecule has 3 rings (SSSR count). The van der Waals surface area contributed by atoms with Gasteiger partial charge < -0.3 is 10.6 Å². The first kappa shape index (κ1) is 18.4. The molecule has 26 heavy (non-hydrogen) atoms. The van der Waals surface area contributed by atoms with Crippen molar-refractivity contribution in [1.29, 1.82) is 0 Å². The van der Waals surface area contributed by atoms with Gasteiger partial charge in [-0.2, -0.15) is 13.2 Å². The van der Waals surface area contributed by atoms with Crippen LogP contribution in [0.4, 0.5) is 24.8 Å². The number of anilines is 2. The van der Waals surface area contributed by atoms with Crippen LogP contribution < -0.4 is 10.6 Å². The Labute approximate surface area is 153 Å². The number of alkyl halides is 3. The number of amides is 1. The lowest BCUT2D eigenvalue weighted by Crippen LogP contribution is -2.18. The lowest BCUT2D eigenvalue weighted by atomic mass is 10.2. The maximum absolute atomic E-state index is 12.8. The molecule has 0 bridgehead atoms. The third-order valence-electron chi connectivity index (χ3n) is 4.14. The van der Waals surface area contributed by atoms with E-state index in [4.69, 9.17) is 11.6 Å². The highest BCUT2D eigenvalue weighted by Gasteiger charge is 2.31. The summed E-state index contributed by atoms with van der Waals surface area (Å²) < 4.78 is 38.4. The van der Waals surface area contributed by atoms with Crippen LogP contribution in [0, 0.1) is 0 Å². The standard InChI is InChI=1S/C17H16ClF3N4O/c18-13-6-5-11(17(19,20)21)7-14(13)25-15(26)10-8-22-16(23-9-10)24-12-3-1-2-4-12/h5-9,12H,1-4H2,(H,25,26)(H,22,23,24). The smallest absolute Gasteiger partial charge is 0.351 e. The van der Waals surface area contributed by atoms with Gasteiger partial charge in [-0.15, -0.1) is 0 Å². The first-order valence-corrected chi connectivity index (χ1v) is 8.47. The van der Waals surface area contributed by atoms with E-state index in [0.717, 1.165) is 43.9 Å². The van der Waals surface area contributed by atoms with Crippen molar-refractivity contribution in [3.05, 3.63) is 46.7 Å². The number of carbonyl (C=O) groups excluding carboxylic acids is 1. The number of carbonyl (C=O) groups is 1. The van der Waals surface area contributed by atoms with E-state index < -0.39 is 17.6 Å². The average molecular weight is 385 g/mol. The quantitative estimate of drug-likeness (QED) is 0.797. The van der Waals surface area contributed by atoms with Gasteiger partial charge in [-0.3, -0.25) is 4.79 Å². The van der Waals surface area contributed by atoms with Crippen molar-refractivity contribution >= 4 is 29.1 Å². The summed E-state index contributed by atoms with van der Waals surface area (Å²) in [6.07, 6.45) is 2.55. The Morgan fingerprint density at radius 3 is 2.42 bits per heavy atom. The molecule has 0 aliphatic heterocycles. The number of rotatable bonds is 4. The summed E-state index contributed by atoms with van der Waals surface area (Å²) in [7, 11) is 0. The van der Waals surface area contributed by atoms with Gasteiger partial charge >= 0.3 is 6.18 Å². The van der Waals surface area contributed by atoms with Crippen molar-refractivity contribution < 1.29 is 18.0 Å². The van der Waals surface area contributed by atoms with Crippen molar-refractivity contribution in [1.82, 2.24) is 9.97 Å². The van der Waals surface area contributed by atoms with Crippen LogP contribution in [-0.2, 0) is 6.18 Å². The van der Waals surface area contributed by atoms with Crippen LogP contribution in [0.5, 0.6) is 0 Å². The van der Waals surface area contributed by atoms with E-state index in [1.807, 2.05) is 0 Å². The minimum atomic E-state index is -4.53. The van der Waals surface area contributed by atoms with E-state index in [1.54, 1.807) is 0 Å². The molecule has 0 unspecified atom stereocenters. The van der Waals surface area contributed by atoms with Gasteiger partial charge in [0.25, 0.3) is 5.91 Å². The number of benzene rings is 1. The molecule has 1 aliphatic carbocycles. The van der Waals surface area contributed by atoms with Crippen molar-refractivity contribution in [3.8, 4) is 0 Å². The van der Waals surface area contributed by atoms with Gasteiger partial charge in [-0.1, -0.05) is 24.4 Å². The molecule has 1 aliphatic rings. The molecule has 0 spiro atoms. The zero-order chi connectivity index (χ0) is 18.7. The first-order valence-electron chi connectivity index (χ1n) is 8.09. The topological polar surface area (TPSA) is 66.9 Å². The van der Waals surface area contributed by atoms with E-state index in [0.29, 0.717) is 12.0 Å². The van der Waals surface area contributed by atoms with E-state index in [9.17, 15) is 18.0 Å². The summed E-state index contributed by atoms with van der Waals surface area (Å²) >= 11 is 5.87. The Morgan fingerprint density at radius 1 is 1.15 bits per heavy atom. The van der Waals surface area contributed by atoms with Gasteiger partial charge in [0, 0.05) is 18.4 Å². The second-order valence-electron chi connectivity index (χ2n) is 6.07.